The molecule has 0 saturated heterocycles. The first-order chi connectivity index (χ1) is 8.38. The highest BCUT2D eigenvalue weighted by Crippen LogP contribution is 2.33. The maximum atomic E-state index is 13.1. The SMILES string of the molecule is Cc1ccc(C(F)(F)F)cc1-c1cccc(F)c1. The minimum Gasteiger partial charge on any atom is -0.207 e. The first-order valence-electron chi connectivity index (χ1n) is 5.32. The third kappa shape index (κ3) is 2.53. The molecule has 0 unspecified atom stereocenters. The summed E-state index contributed by atoms with van der Waals surface area (Å²) in [4.78, 5) is 0. The smallest absolute Gasteiger partial charge is 0.207 e. The van der Waals surface area contributed by atoms with Gasteiger partial charge in [0.2, 0.25) is 0 Å². The van der Waals surface area contributed by atoms with Crippen molar-refractivity contribution in [3.05, 3.63) is 59.4 Å². The number of benzene rings is 2. The highest BCUT2D eigenvalue weighted by atomic mass is 19.4. The average Bonchev–Trinajstić information content (AvgIpc) is 2.28. The Morgan fingerprint density at radius 3 is 2.28 bits per heavy atom. The zero-order valence-electron chi connectivity index (χ0n) is 9.55. The van der Waals surface area contributed by atoms with Crippen molar-refractivity contribution < 1.29 is 17.6 Å². The fourth-order valence-electron chi connectivity index (χ4n) is 1.77. The van der Waals surface area contributed by atoms with Crippen molar-refractivity contribution in [3.8, 4) is 11.1 Å². The molecule has 0 radical (unpaired) electrons. The van der Waals surface area contributed by atoms with Gasteiger partial charge in [-0.25, -0.2) is 4.39 Å². The first kappa shape index (κ1) is 12.6. The van der Waals surface area contributed by atoms with Gasteiger partial charge in [0.05, 0.1) is 5.56 Å². The van der Waals surface area contributed by atoms with Crippen molar-refractivity contribution in [2.75, 3.05) is 0 Å². The zero-order valence-corrected chi connectivity index (χ0v) is 9.55. The van der Waals surface area contributed by atoms with E-state index in [9.17, 15) is 17.6 Å². The Labute approximate surface area is 102 Å². The Balaban J connectivity index is 2.57. The van der Waals surface area contributed by atoms with E-state index in [0.717, 1.165) is 12.1 Å². The van der Waals surface area contributed by atoms with Gasteiger partial charge in [0.25, 0.3) is 0 Å². The van der Waals surface area contributed by atoms with Crippen LogP contribution in [0.2, 0.25) is 0 Å². The van der Waals surface area contributed by atoms with Crippen LogP contribution in [-0.4, -0.2) is 0 Å². The molecule has 0 nitrogen and oxygen atoms in total. The van der Waals surface area contributed by atoms with Gasteiger partial charge in [0.1, 0.15) is 5.82 Å². The molecule has 0 saturated carbocycles. The van der Waals surface area contributed by atoms with E-state index < -0.39 is 17.6 Å². The average molecular weight is 254 g/mol. The highest BCUT2D eigenvalue weighted by Gasteiger charge is 2.30. The maximum Gasteiger partial charge on any atom is 0.416 e. The van der Waals surface area contributed by atoms with Gasteiger partial charge in [-0.3, -0.25) is 0 Å². The van der Waals surface area contributed by atoms with Gasteiger partial charge < -0.3 is 0 Å². The van der Waals surface area contributed by atoms with E-state index in [1.54, 1.807) is 13.0 Å². The molecule has 0 aromatic heterocycles. The molecule has 4 heteroatoms. The van der Waals surface area contributed by atoms with Crippen LogP contribution in [0, 0.1) is 12.7 Å². The minimum absolute atomic E-state index is 0.393. The van der Waals surface area contributed by atoms with Gasteiger partial charge in [-0.2, -0.15) is 13.2 Å². The molecular formula is C14H10F4. The molecule has 0 atom stereocenters. The number of aryl methyl sites for hydroxylation is 1. The van der Waals surface area contributed by atoms with E-state index in [-0.39, 0.29) is 0 Å². The Kier molecular flexibility index (Phi) is 3.11. The monoisotopic (exact) mass is 254 g/mol. The van der Waals surface area contributed by atoms with Gasteiger partial charge in [-0.15, -0.1) is 0 Å². The Hall–Kier alpha value is -1.84. The molecule has 0 aliphatic carbocycles. The van der Waals surface area contributed by atoms with E-state index in [1.165, 1.54) is 24.3 Å². The van der Waals surface area contributed by atoms with E-state index >= 15 is 0 Å². The van der Waals surface area contributed by atoms with Crippen LogP contribution in [0.15, 0.2) is 42.5 Å². The summed E-state index contributed by atoms with van der Waals surface area (Å²) in [5.41, 5.74) is 0.781. The topological polar surface area (TPSA) is 0 Å². The van der Waals surface area contributed by atoms with Crippen LogP contribution in [0.5, 0.6) is 0 Å². The Morgan fingerprint density at radius 1 is 0.944 bits per heavy atom. The third-order valence-corrected chi connectivity index (χ3v) is 2.70. The van der Waals surface area contributed by atoms with Crippen molar-refractivity contribution in [2.45, 2.75) is 13.1 Å². The normalized spacial score (nSPS) is 11.6. The largest absolute Gasteiger partial charge is 0.416 e. The van der Waals surface area contributed by atoms with Crippen molar-refractivity contribution in [2.24, 2.45) is 0 Å². The molecule has 18 heavy (non-hydrogen) atoms. The molecule has 0 aliphatic heterocycles. The summed E-state index contributed by atoms with van der Waals surface area (Å²) < 4.78 is 51.0. The second-order valence-corrected chi connectivity index (χ2v) is 4.04. The lowest BCUT2D eigenvalue weighted by molar-refractivity contribution is -0.137. The summed E-state index contributed by atoms with van der Waals surface area (Å²) in [6, 6.07) is 9.01. The lowest BCUT2D eigenvalue weighted by Gasteiger charge is -2.11. The van der Waals surface area contributed by atoms with E-state index in [0.29, 0.717) is 16.7 Å². The zero-order chi connectivity index (χ0) is 13.3. The van der Waals surface area contributed by atoms with Gasteiger partial charge in [-0.1, -0.05) is 18.2 Å². The molecule has 0 spiro atoms. The predicted octanol–water partition coefficient (Wildman–Crippen LogP) is 4.82. The number of hydrogen-bond acceptors (Lipinski definition) is 0. The van der Waals surface area contributed by atoms with Crippen molar-refractivity contribution in [1.29, 1.82) is 0 Å². The van der Waals surface area contributed by atoms with Crippen LogP contribution < -0.4 is 0 Å². The molecule has 94 valence electrons. The lowest BCUT2D eigenvalue weighted by Crippen LogP contribution is -2.05. The van der Waals surface area contributed by atoms with E-state index in [4.69, 9.17) is 0 Å². The Morgan fingerprint density at radius 2 is 1.67 bits per heavy atom. The molecule has 2 rings (SSSR count). The lowest BCUT2D eigenvalue weighted by atomic mass is 9.98. The third-order valence-electron chi connectivity index (χ3n) is 2.70. The van der Waals surface area contributed by atoms with E-state index in [1.807, 2.05) is 0 Å². The highest BCUT2D eigenvalue weighted by molar-refractivity contribution is 5.68. The van der Waals surface area contributed by atoms with Crippen molar-refractivity contribution >= 4 is 0 Å². The predicted molar refractivity (Wildman–Crippen MR) is 61.6 cm³/mol. The van der Waals surface area contributed by atoms with Gasteiger partial charge >= 0.3 is 6.18 Å². The number of hydrogen-bond donors (Lipinski definition) is 0. The molecule has 0 aliphatic rings. The van der Waals surface area contributed by atoms with Gasteiger partial charge in [0.15, 0.2) is 0 Å². The second-order valence-electron chi connectivity index (χ2n) is 4.04. The fourth-order valence-corrected chi connectivity index (χ4v) is 1.77. The molecule has 2 aromatic carbocycles. The molecule has 0 N–H and O–H groups in total. The molecule has 2 aromatic rings. The molecule has 0 fully saturated rings. The Bertz CT molecular complexity index is 570. The number of halogens is 4. The first-order valence-corrected chi connectivity index (χ1v) is 5.32. The van der Waals surface area contributed by atoms with Crippen LogP contribution in [0.3, 0.4) is 0 Å². The maximum absolute atomic E-state index is 13.1. The van der Waals surface area contributed by atoms with Gasteiger partial charge in [0, 0.05) is 0 Å². The number of alkyl halides is 3. The minimum atomic E-state index is -4.39. The van der Waals surface area contributed by atoms with Crippen LogP contribution >= 0.6 is 0 Å². The molecular weight excluding hydrogens is 244 g/mol. The second kappa shape index (κ2) is 4.44. The van der Waals surface area contributed by atoms with E-state index in [2.05, 4.69) is 0 Å². The van der Waals surface area contributed by atoms with Crippen molar-refractivity contribution in [1.82, 2.24) is 0 Å². The van der Waals surface area contributed by atoms with Crippen LogP contribution in [0.4, 0.5) is 17.6 Å². The summed E-state index contributed by atoms with van der Waals surface area (Å²) in [6.45, 7) is 1.69. The van der Waals surface area contributed by atoms with Crippen LogP contribution in [0.25, 0.3) is 11.1 Å². The summed E-state index contributed by atoms with van der Waals surface area (Å²) in [5.74, 6) is -0.468. The fraction of sp³-hybridized carbons (Fsp3) is 0.143. The quantitative estimate of drug-likeness (QED) is 0.640. The van der Waals surface area contributed by atoms with Gasteiger partial charge in [-0.05, 0) is 47.9 Å². The van der Waals surface area contributed by atoms with Crippen molar-refractivity contribution in [3.63, 3.8) is 0 Å². The molecule has 0 bridgehead atoms. The number of rotatable bonds is 1. The summed E-state index contributed by atoms with van der Waals surface area (Å²) in [6.07, 6.45) is -4.39. The summed E-state index contributed by atoms with van der Waals surface area (Å²) in [5, 5.41) is 0. The molecule has 0 amide bonds. The standard InChI is InChI=1S/C14H10F4/c1-9-5-6-11(14(16,17)18)8-13(9)10-3-2-4-12(15)7-10/h2-8H,1H3. The van der Waals surface area contributed by atoms with Crippen LogP contribution in [-0.2, 0) is 6.18 Å². The molecule has 0 heterocycles. The van der Waals surface area contributed by atoms with Crippen LogP contribution in [0.1, 0.15) is 11.1 Å². The summed E-state index contributed by atoms with van der Waals surface area (Å²) in [7, 11) is 0. The summed E-state index contributed by atoms with van der Waals surface area (Å²) >= 11 is 0.